The largest absolute Gasteiger partial charge is 0.458 e. The minimum atomic E-state index is -0.0860. The number of carbonyl (C=O) groups excluding carboxylic acids is 1. The third-order valence-corrected chi connectivity index (χ3v) is 4.50. The highest BCUT2D eigenvalue weighted by Gasteiger charge is 2.09. The van der Waals surface area contributed by atoms with E-state index in [0.717, 1.165) is 22.0 Å². The number of benzene rings is 1. The number of amides is 1. The molecule has 3 rings (SSSR count). The van der Waals surface area contributed by atoms with E-state index in [0.29, 0.717) is 12.1 Å². The van der Waals surface area contributed by atoms with Crippen LogP contribution < -0.4 is 5.32 Å². The second kappa shape index (κ2) is 6.20. The van der Waals surface area contributed by atoms with Crippen molar-refractivity contribution < 1.29 is 9.21 Å². The molecule has 0 aliphatic heterocycles. The molecule has 2 heterocycles. The van der Waals surface area contributed by atoms with Gasteiger partial charge < -0.3 is 9.73 Å². The summed E-state index contributed by atoms with van der Waals surface area (Å²) in [4.78, 5) is 13.3. The minimum absolute atomic E-state index is 0.0860. The fourth-order valence-electron chi connectivity index (χ4n) is 2.18. The maximum absolute atomic E-state index is 12.2. The van der Waals surface area contributed by atoms with Gasteiger partial charge in [0.25, 0.3) is 5.91 Å². The minimum Gasteiger partial charge on any atom is -0.458 e. The highest BCUT2D eigenvalue weighted by atomic mass is 32.1. The molecule has 0 bridgehead atoms. The van der Waals surface area contributed by atoms with Crippen LogP contribution in [0.25, 0.3) is 10.6 Å². The smallest absolute Gasteiger partial charge is 0.251 e. The summed E-state index contributed by atoms with van der Waals surface area (Å²) in [6.45, 7) is 4.43. The second-order valence-electron chi connectivity index (χ2n) is 5.22. The molecule has 4 heteroatoms. The maximum atomic E-state index is 12.2. The van der Waals surface area contributed by atoms with E-state index in [9.17, 15) is 4.79 Å². The summed E-state index contributed by atoms with van der Waals surface area (Å²) < 4.78 is 5.75. The predicted octanol–water partition coefficient (Wildman–Crippen LogP) is 4.55. The van der Waals surface area contributed by atoms with E-state index in [1.165, 1.54) is 5.56 Å². The third kappa shape index (κ3) is 3.12. The summed E-state index contributed by atoms with van der Waals surface area (Å²) in [5, 5.41) is 4.90. The van der Waals surface area contributed by atoms with Gasteiger partial charge in [0.15, 0.2) is 0 Å². The van der Waals surface area contributed by atoms with Crippen molar-refractivity contribution in [3.63, 3.8) is 0 Å². The Balaban J connectivity index is 1.65. The zero-order chi connectivity index (χ0) is 15.5. The monoisotopic (exact) mass is 311 g/mol. The number of furan rings is 1. The molecule has 3 nitrogen and oxygen atoms in total. The van der Waals surface area contributed by atoms with Crippen LogP contribution in [0.3, 0.4) is 0 Å². The molecule has 0 spiro atoms. The average Bonchev–Trinajstić information content (AvgIpc) is 3.18. The number of aryl methyl sites for hydroxylation is 2. The molecule has 0 saturated carbocycles. The molecule has 2 aromatic heterocycles. The van der Waals surface area contributed by atoms with Crippen LogP contribution in [-0.4, -0.2) is 5.91 Å². The van der Waals surface area contributed by atoms with Gasteiger partial charge in [-0.25, -0.2) is 0 Å². The molecular formula is C18H17NO2S. The van der Waals surface area contributed by atoms with Gasteiger partial charge >= 0.3 is 0 Å². The highest BCUT2D eigenvalue weighted by molar-refractivity contribution is 7.13. The normalized spacial score (nSPS) is 10.6. The molecule has 0 atom stereocenters. The van der Waals surface area contributed by atoms with E-state index < -0.39 is 0 Å². The second-order valence-corrected chi connectivity index (χ2v) is 6.17. The van der Waals surface area contributed by atoms with E-state index in [-0.39, 0.29) is 5.91 Å². The van der Waals surface area contributed by atoms with Crippen molar-refractivity contribution in [3.05, 3.63) is 70.3 Å². The van der Waals surface area contributed by atoms with E-state index in [1.54, 1.807) is 11.3 Å². The van der Waals surface area contributed by atoms with Crippen molar-refractivity contribution in [3.8, 4) is 10.6 Å². The fraction of sp³-hybridized carbons (Fsp3) is 0.167. The molecule has 0 aliphatic rings. The van der Waals surface area contributed by atoms with Gasteiger partial charge in [-0.1, -0.05) is 12.1 Å². The molecule has 1 aromatic carbocycles. The molecule has 1 amide bonds. The van der Waals surface area contributed by atoms with E-state index in [4.69, 9.17) is 4.42 Å². The number of hydrogen-bond acceptors (Lipinski definition) is 3. The van der Waals surface area contributed by atoms with Crippen LogP contribution in [0.2, 0.25) is 0 Å². The van der Waals surface area contributed by atoms with Gasteiger partial charge in [-0.15, -0.1) is 11.3 Å². The molecule has 3 aromatic rings. The molecule has 0 radical (unpaired) electrons. The lowest BCUT2D eigenvalue weighted by atomic mass is 10.1. The van der Waals surface area contributed by atoms with Crippen molar-refractivity contribution in [2.75, 3.05) is 0 Å². The Bertz CT molecular complexity index is 787. The van der Waals surface area contributed by atoms with Crippen molar-refractivity contribution >= 4 is 17.2 Å². The standard InChI is InChI=1S/C18H17NO2S/c1-12-5-6-14(10-13(12)2)18(20)19-11-15-7-8-16(21-15)17-4-3-9-22-17/h3-10H,11H2,1-2H3,(H,19,20). The first-order valence-corrected chi connectivity index (χ1v) is 7.99. The number of nitrogens with one attached hydrogen (secondary N) is 1. The molecule has 0 unspecified atom stereocenters. The molecule has 22 heavy (non-hydrogen) atoms. The number of hydrogen-bond donors (Lipinski definition) is 1. The number of rotatable bonds is 4. The Morgan fingerprint density at radius 2 is 2.00 bits per heavy atom. The third-order valence-electron chi connectivity index (χ3n) is 3.62. The summed E-state index contributed by atoms with van der Waals surface area (Å²) in [5.74, 6) is 1.50. The van der Waals surface area contributed by atoms with Gasteiger partial charge in [-0.05, 0) is 60.7 Å². The predicted molar refractivity (Wildman–Crippen MR) is 89.1 cm³/mol. The van der Waals surface area contributed by atoms with Gasteiger partial charge in [-0.3, -0.25) is 4.79 Å². The fourth-order valence-corrected chi connectivity index (χ4v) is 2.86. The molecule has 0 saturated heterocycles. The van der Waals surface area contributed by atoms with Crippen molar-refractivity contribution in [2.24, 2.45) is 0 Å². The van der Waals surface area contributed by atoms with Gasteiger partial charge in [0.2, 0.25) is 0 Å². The van der Waals surface area contributed by atoms with Crippen LogP contribution in [0.5, 0.6) is 0 Å². The quantitative estimate of drug-likeness (QED) is 0.767. The summed E-state index contributed by atoms with van der Waals surface area (Å²) >= 11 is 1.63. The van der Waals surface area contributed by atoms with Crippen LogP contribution in [-0.2, 0) is 6.54 Å². The summed E-state index contributed by atoms with van der Waals surface area (Å²) in [7, 11) is 0. The highest BCUT2D eigenvalue weighted by Crippen LogP contribution is 2.26. The number of thiophene rings is 1. The van der Waals surface area contributed by atoms with Gasteiger partial charge in [0, 0.05) is 5.56 Å². The summed E-state index contributed by atoms with van der Waals surface area (Å²) in [6.07, 6.45) is 0. The first-order valence-electron chi connectivity index (χ1n) is 7.11. The Labute approximate surface area is 133 Å². The van der Waals surface area contributed by atoms with E-state index in [2.05, 4.69) is 5.32 Å². The summed E-state index contributed by atoms with van der Waals surface area (Å²) in [6, 6.07) is 13.6. The number of carbonyl (C=O) groups is 1. The Morgan fingerprint density at radius 1 is 1.14 bits per heavy atom. The van der Waals surface area contributed by atoms with Crippen molar-refractivity contribution in [1.82, 2.24) is 5.32 Å². The van der Waals surface area contributed by atoms with Gasteiger partial charge in [0.05, 0.1) is 11.4 Å². The topological polar surface area (TPSA) is 42.2 Å². The van der Waals surface area contributed by atoms with Crippen LogP contribution in [0.15, 0.2) is 52.3 Å². The zero-order valence-electron chi connectivity index (χ0n) is 12.6. The van der Waals surface area contributed by atoms with Gasteiger partial charge in [0.1, 0.15) is 11.5 Å². The van der Waals surface area contributed by atoms with Crippen LogP contribution >= 0.6 is 11.3 Å². The Kier molecular flexibility index (Phi) is 4.11. The zero-order valence-corrected chi connectivity index (χ0v) is 13.4. The van der Waals surface area contributed by atoms with Crippen LogP contribution in [0.4, 0.5) is 0 Å². The molecule has 1 N–H and O–H groups in total. The maximum Gasteiger partial charge on any atom is 0.251 e. The molecular weight excluding hydrogens is 294 g/mol. The Hall–Kier alpha value is -2.33. The van der Waals surface area contributed by atoms with E-state index in [1.807, 2.05) is 61.7 Å². The first kappa shape index (κ1) is 14.6. The SMILES string of the molecule is Cc1ccc(C(=O)NCc2ccc(-c3cccs3)o2)cc1C. The van der Waals surface area contributed by atoms with Gasteiger partial charge in [-0.2, -0.15) is 0 Å². The van der Waals surface area contributed by atoms with Crippen LogP contribution in [0, 0.1) is 13.8 Å². The lowest BCUT2D eigenvalue weighted by Crippen LogP contribution is -2.22. The lowest BCUT2D eigenvalue weighted by molar-refractivity contribution is 0.0948. The first-order chi connectivity index (χ1) is 10.6. The van der Waals surface area contributed by atoms with Crippen molar-refractivity contribution in [1.29, 1.82) is 0 Å². The molecule has 0 aliphatic carbocycles. The molecule has 0 fully saturated rings. The van der Waals surface area contributed by atoms with Crippen LogP contribution in [0.1, 0.15) is 27.2 Å². The molecule has 112 valence electrons. The lowest BCUT2D eigenvalue weighted by Gasteiger charge is -2.06. The van der Waals surface area contributed by atoms with E-state index >= 15 is 0 Å². The van der Waals surface area contributed by atoms with Crippen molar-refractivity contribution in [2.45, 2.75) is 20.4 Å². The Morgan fingerprint density at radius 3 is 2.73 bits per heavy atom. The average molecular weight is 311 g/mol. The summed E-state index contributed by atoms with van der Waals surface area (Å²) in [5.41, 5.74) is 2.97.